The lowest BCUT2D eigenvalue weighted by Gasteiger charge is -2.41. The van der Waals surface area contributed by atoms with Crippen LogP contribution in [0, 0.1) is 5.41 Å². The molecule has 1 aliphatic heterocycles. The summed E-state index contributed by atoms with van der Waals surface area (Å²) in [5, 5.41) is 11.9. The van der Waals surface area contributed by atoms with Gasteiger partial charge in [-0.1, -0.05) is 6.07 Å². The largest absolute Gasteiger partial charge is 0.497 e. The molecule has 0 aliphatic carbocycles. The summed E-state index contributed by atoms with van der Waals surface area (Å²) < 4.78 is 34.7. The minimum Gasteiger partial charge on any atom is -0.497 e. The van der Waals surface area contributed by atoms with Gasteiger partial charge in [0.15, 0.2) is 0 Å². The quantitative estimate of drug-likeness (QED) is 0.337. The van der Waals surface area contributed by atoms with Gasteiger partial charge in [-0.2, -0.15) is 0 Å². The number of thioether (sulfide) groups is 1. The molecule has 2 aromatic heterocycles. The number of rotatable bonds is 11. The third-order valence-electron chi connectivity index (χ3n) is 7.13. The molecule has 3 aromatic rings. The molecule has 8 heteroatoms. The number of pyridine rings is 2. The first kappa shape index (κ1) is 25.8. The van der Waals surface area contributed by atoms with E-state index in [0.29, 0.717) is 28.6 Å². The van der Waals surface area contributed by atoms with Gasteiger partial charge in [-0.3, -0.25) is 4.98 Å². The molecule has 0 unspecified atom stereocenters. The summed E-state index contributed by atoms with van der Waals surface area (Å²) in [6.45, 7) is 1.99. The van der Waals surface area contributed by atoms with Crippen LogP contribution in [0.2, 0.25) is 0 Å². The zero-order valence-corrected chi connectivity index (χ0v) is 20.9. The van der Waals surface area contributed by atoms with Crippen LogP contribution in [0.1, 0.15) is 43.0 Å². The number of piperidine rings is 1. The molecule has 1 fully saturated rings. The number of halogens is 2. The van der Waals surface area contributed by atoms with E-state index in [1.807, 2.05) is 18.2 Å². The maximum Gasteiger partial charge on any atom is 0.126 e. The minimum absolute atomic E-state index is 0.0388. The van der Waals surface area contributed by atoms with E-state index in [1.54, 1.807) is 43.3 Å². The molecule has 1 aromatic carbocycles. The molecule has 0 spiro atoms. The Kier molecular flexibility index (Phi) is 8.92. The molecule has 1 aliphatic rings. The Morgan fingerprint density at radius 3 is 2.71 bits per heavy atom. The molecule has 0 radical (unpaired) electrons. The number of nitrogens with zero attached hydrogens (tertiary/aromatic N) is 3. The molecule has 4 rings (SSSR count). The summed E-state index contributed by atoms with van der Waals surface area (Å²) in [7, 11) is 1.55. The van der Waals surface area contributed by atoms with E-state index in [0.717, 1.165) is 43.3 Å². The van der Waals surface area contributed by atoms with Crippen LogP contribution in [0.15, 0.2) is 53.8 Å². The molecule has 35 heavy (non-hydrogen) atoms. The number of hydrogen-bond donors (Lipinski definition) is 1. The molecule has 3 heterocycles. The maximum atomic E-state index is 15.7. The fourth-order valence-corrected chi connectivity index (χ4v) is 5.73. The highest BCUT2D eigenvalue weighted by Crippen LogP contribution is 2.41. The summed E-state index contributed by atoms with van der Waals surface area (Å²) in [5.41, 5.74) is 0.949. The van der Waals surface area contributed by atoms with E-state index in [9.17, 15) is 9.50 Å². The zero-order chi connectivity index (χ0) is 24.7. The molecule has 0 amide bonds. The Labute approximate surface area is 209 Å². The second-order valence-electron chi connectivity index (χ2n) is 9.24. The number of benzene rings is 1. The van der Waals surface area contributed by atoms with E-state index < -0.39 is 12.8 Å². The van der Waals surface area contributed by atoms with Crippen LogP contribution >= 0.6 is 11.8 Å². The number of aliphatic hydroxyl groups is 1. The van der Waals surface area contributed by atoms with Gasteiger partial charge in [-0.15, -0.1) is 11.8 Å². The smallest absolute Gasteiger partial charge is 0.126 e. The fraction of sp³-hybridized carbons (Fsp3) is 0.481. The van der Waals surface area contributed by atoms with Crippen molar-refractivity contribution in [1.29, 1.82) is 0 Å². The highest BCUT2D eigenvalue weighted by atomic mass is 32.2. The third-order valence-corrected chi connectivity index (χ3v) is 8.06. The molecule has 188 valence electrons. The monoisotopic (exact) mass is 501 g/mol. The van der Waals surface area contributed by atoms with Crippen LogP contribution in [-0.4, -0.2) is 59.1 Å². The molecular weight excluding hydrogens is 468 g/mol. The van der Waals surface area contributed by atoms with Gasteiger partial charge in [0, 0.05) is 47.8 Å². The number of likely N-dealkylation sites (tertiary alicyclic amines) is 1. The van der Waals surface area contributed by atoms with Crippen molar-refractivity contribution in [3.63, 3.8) is 0 Å². The van der Waals surface area contributed by atoms with Crippen molar-refractivity contribution in [2.24, 2.45) is 5.41 Å². The van der Waals surface area contributed by atoms with Crippen molar-refractivity contribution in [2.75, 3.05) is 39.1 Å². The maximum absolute atomic E-state index is 15.7. The lowest BCUT2D eigenvalue weighted by molar-refractivity contribution is 0.0322. The Balaban J connectivity index is 1.36. The Hall–Kier alpha value is -2.29. The first-order chi connectivity index (χ1) is 17.1. The lowest BCUT2D eigenvalue weighted by atomic mass is 9.74. The van der Waals surface area contributed by atoms with E-state index in [4.69, 9.17) is 4.74 Å². The number of methoxy groups -OCH3 is 1. The number of aromatic nitrogens is 2. The van der Waals surface area contributed by atoms with E-state index >= 15 is 4.39 Å². The SMILES string of the molecule is COc1ccc2ncc(CF)c([C@@H](F)CCC3(CO)CCN(CCSc4ccccn4)CC3)c2c1. The van der Waals surface area contributed by atoms with Crippen LogP contribution in [0.5, 0.6) is 5.75 Å². The molecule has 1 atom stereocenters. The lowest BCUT2D eigenvalue weighted by Crippen LogP contribution is -2.42. The molecule has 0 bridgehead atoms. The summed E-state index contributed by atoms with van der Waals surface area (Å²) in [6, 6.07) is 11.2. The average Bonchev–Trinajstić information content (AvgIpc) is 2.92. The minimum atomic E-state index is -1.34. The number of alkyl halides is 2. The molecule has 1 N–H and O–H groups in total. The van der Waals surface area contributed by atoms with Gasteiger partial charge >= 0.3 is 0 Å². The van der Waals surface area contributed by atoms with Gasteiger partial charge in [0.2, 0.25) is 0 Å². The second-order valence-corrected chi connectivity index (χ2v) is 10.4. The van der Waals surface area contributed by atoms with Gasteiger partial charge in [0.25, 0.3) is 0 Å². The number of fused-ring (bicyclic) bond motifs is 1. The highest BCUT2D eigenvalue weighted by molar-refractivity contribution is 7.99. The van der Waals surface area contributed by atoms with Gasteiger partial charge in [-0.25, -0.2) is 13.8 Å². The van der Waals surface area contributed by atoms with Gasteiger partial charge < -0.3 is 14.7 Å². The van der Waals surface area contributed by atoms with Crippen LogP contribution in [-0.2, 0) is 6.67 Å². The fourth-order valence-electron chi connectivity index (χ4n) is 4.86. The van der Waals surface area contributed by atoms with Crippen molar-refractivity contribution in [1.82, 2.24) is 14.9 Å². The Morgan fingerprint density at radius 2 is 2.03 bits per heavy atom. The van der Waals surface area contributed by atoms with E-state index in [1.165, 1.54) is 6.20 Å². The van der Waals surface area contributed by atoms with E-state index in [2.05, 4.69) is 14.9 Å². The van der Waals surface area contributed by atoms with Gasteiger partial charge in [0.05, 0.1) is 17.7 Å². The van der Waals surface area contributed by atoms with Crippen molar-refractivity contribution in [2.45, 2.75) is 43.6 Å². The van der Waals surface area contributed by atoms with Gasteiger partial charge in [0.1, 0.15) is 18.6 Å². The normalized spacial score (nSPS) is 16.9. The highest BCUT2D eigenvalue weighted by Gasteiger charge is 2.35. The van der Waals surface area contributed by atoms with E-state index in [-0.39, 0.29) is 24.0 Å². The van der Waals surface area contributed by atoms with Crippen LogP contribution in [0.4, 0.5) is 8.78 Å². The van der Waals surface area contributed by atoms with Crippen LogP contribution in [0.25, 0.3) is 10.9 Å². The first-order valence-electron chi connectivity index (χ1n) is 12.1. The standard InChI is InChI=1S/C27H33F2N3O2S/c1-34-21-5-6-24-22(16-21)26(20(17-28)18-31-24)23(29)7-8-27(19-33)9-12-32(13-10-27)14-15-35-25-4-2-3-11-30-25/h2-6,11,16,18,23,33H,7-10,12-15,17,19H2,1H3/t23-/m0/s1. The third kappa shape index (κ3) is 6.29. The summed E-state index contributed by atoms with van der Waals surface area (Å²) in [5.74, 6) is 1.55. The topological polar surface area (TPSA) is 58.5 Å². The van der Waals surface area contributed by atoms with Crippen molar-refractivity contribution < 1.29 is 18.6 Å². The van der Waals surface area contributed by atoms with Crippen LogP contribution < -0.4 is 4.74 Å². The summed E-state index contributed by atoms with van der Waals surface area (Å²) in [6.07, 6.45) is 4.34. The molecular formula is C27H33F2N3O2S. The van der Waals surface area contributed by atoms with Crippen molar-refractivity contribution >= 4 is 22.7 Å². The van der Waals surface area contributed by atoms with Crippen molar-refractivity contribution in [3.8, 4) is 5.75 Å². The average molecular weight is 502 g/mol. The molecule has 5 nitrogen and oxygen atoms in total. The predicted octanol–water partition coefficient (Wildman–Crippen LogP) is 5.77. The Bertz CT molecular complexity index is 1090. The first-order valence-corrected chi connectivity index (χ1v) is 13.1. The summed E-state index contributed by atoms with van der Waals surface area (Å²) in [4.78, 5) is 11.0. The van der Waals surface area contributed by atoms with Crippen LogP contribution in [0.3, 0.4) is 0 Å². The molecule has 1 saturated heterocycles. The predicted molar refractivity (Wildman–Crippen MR) is 136 cm³/mol. The van der Waals surface area contributed by atoms with Gasteiger partial charge in [-0.05, 0) is 74.5 Å². The van der Waals surface area contributed by atoms with Crippen molar-refractivity contribution in [3.05, 3.63) is 59.9 Å². The Morgan fingerprint density at radius 1 is 1.20 bits per heavy atom. The second kappa shape index (κ2) is 12.1. The zero-order valence-electron chi connectivity index (χ0n) is 20.1. The number of ether oxygens (including phenoxy) is 1. The number of aliphatic hydroxyl groups excluding tert-OH is 1. The summed E-state index contributed by atoms with van der Waals surface area (Å²) >= 11 is 1.74. The number of hydrogen-bond acceptors (Lipinski definition) is 6. The molecule has 0 saturated carbocycles.